The number of rotatable bonds is 11. The lowest BCUT2D eigenvalue weighted by Gasteiger charge is -2.36. The zero-order valence-corrected chi connectivity index (χ0v) is 23.4. The molecule has 0 spiro atoms. The van der Waals surface area contributed by atoms with Gasteiger partial charge in [0.25, 0.3) is 0 Å². The number of fused-ring (bicyclic) bond motifs is 1. The van der Waals surface area contributed by atoms with Crippen molar-refractivity contribution in [2.24, 2.45) is 17.8 Å². The van der Waals surface area contributed by atoms with Crippen LogP contribution in [0, 0.1) is 17.8 Å². The quantitative estimate of drug-likeness (QED) is 0.110. The number of aliphatic hydroxyl groups is 4. The van der Waals surface area contributed by atoms with Crippen LogP contribution >= 0.6 is 0 Å². The van der Waals surface area contributed by atoms with Crippen molar-refractivity contribution in [2.75, 3.05) is 18.1 Å². The fourth-order valence-corrected chi connectivity index (χ4v) is 6.31. The van der Waals surface area contributed by atoms with E-state index < -0.39 is 56.0 Å². The van der Waals surface area contributed by atoms with E-state index in [-0.39, 0.29) is 30.6 Å². The van der Waals surface area contributed by atoms with Gasteiger partial charge in [-0.15, -0.1) is 0 Å². The third-order valence-corrected chi connectivity index (χ3v) is 8.34. The number of nitrogens with zero attached hydrogens (tertiary/aromatic N) is 1. The van der Waals surface area contributed by atoms with Gasteiger partial charge in [0.15, 0.2) is 0 Å². The van der Waals surface area contributed by atoms with Crippen LogP contribution < -0.4 is 10.4 Å². The summed E-state index contributed by atoms with van der Waals surface area (Å²) in [5, 5.41) is 60.8. The Morgan fingerprint density at radius 3 is 2.40 bits per heavy atom. The summed E-state index contributed by atoms with van der Waals surface area (Å²) in [6, 6.07) is 18.8. The second-order valence-corrected chi connectivity index (χ2v) is 10.9. The second-order valence-electron chi connectivity index (χ2n) is 10.9. The van der Waals surface area contributed by atoms with Gasteiger partial charge in [-0.2, -0.15) is 0 Å². The summed E-state index contributed by atoms with van der Waals surface area (Å²) in [6.07, 6.45) is 1.33. The first-order valence-electron chi connectivity index (χ1n) is 14.2. The topological polar surface area (TPSA) is 172 Å². The molecule has 0 radical (unpaired) electrons. The van der Waals surface area contributed by atoms with Gasteiger partial charge in [-0.05, 0) is 77.3 Å². The van der Waals surface area contributed by atoms with E-state index in [1.807, 2.05) is 36.4 Å². The number of hydrogen-bond acceptors (Lipinski definition) is 9. The van der Waals surface area contributed by atoms with E-state index in [4.69, 9.17) is 4.42 Å². The fourth-order valence-electron chi connectivity index (χ4n) is 6.31. The second kappa shape index (κ2) is 13.2. The molecule has 2 heterocycles. The summed E-state index contributed by atoms with van der Waals surface area (Å²) in [6.45, 7) is -1.20. The predicted molar refractivity (Wildman–Crippen MR) is 159 cm³/mol. The lowest BCUT2D eigenvalue weighted by atomic mass is 9.68. The molecular weight excluding hydrogens is 553 g/mol. The Balaban J connectivity index is 1.42. The summed E-state index contributed by atoms with van der Waals surface area (Å²) in [7, 11) is -1.79. The monoisotopic (exact) mass is 587 g/mol. The number of carbonyl (C=O) groups excluding carboxylic acids is 2. The maximum atomic E-state index is 13.7. The van der Waals surface area contributed by atoms with Crippen molar-refractivity contribution in [2.45, 2.75) is 32.0 Å². The number of anilines is 1. The van der Waals surface area contributed by atoms with Crippen LogP contribution in [0.1, 0.15) is 36.3 Å². The van der Waals surface area contributed by atoms with Crippen molar-refractivity contribution >= 4 is 41.7 Å². The molecule has 1 aromatic heterocycles. The number of benzene rings is 2. The molecule has 5 rings (SSSR count). The zero-order valence-electron chi connectivity index (χ0n) is 23.4. The Hall–Kier alpha value is -3.84. The molecule has 2 amide bonds. The maximum absolute atomic E-state index is 13.7. The summed E-state index contributed by atoms with van der Waals surface area (Å²) in [5.41, 5.74) is 2.82. The van der Waals surface area contributed by atoms with E-state index in [9.17, 15) is 40.1 Å². The highest BCUT2D eigenvalue weighted by atomic mass is 16.4. The minimum Gasteiger partial charge on any atom is -0.459 e. The van der Waals surface area contributed by atoms with E-state index in [0.717, 1.165) is 16.0 Å². The highest BCUT2D eigenvalue weighted by molar-refractivity contribution is 6.58. The van der Waals surface area contributed by atoms with E-state index >= 15 is 0 Å². The number of imide groups is 1. The fraction of sp³-hybridized carbons (Fsp3) is 0.312. The Labute approximate surface area is 249 Å². The van der Waals surface area contributed by atoms with Gasteiger partial charge in [0, 0.05) is 5.92 Å². The number of hydrogen-bond donors (Lipinski definition) is 6. The average molecular weight is 587 g/mol. The minimum absolute atomic E-state index is 0.0468. The molecule has 0 saturated carbocycles. The highest BCUT2D eigenvalue weighted by Gasteiger charge is 2.55. The standard InChI is InChI=1S/C32H34BNO9/c35-16-21-14-26-30(32(40)34(31(26)39)23-8-4-7-22(15-23)33(41)42)27(18-37)29(21)28(38)12-9-20(19-5-2-1-3-6-19)13-24-10-11-25(17-36)43-24/h1-8,10-11,13,15,26-28,30,35-38,41-42H,9,12,14,16-18H2/b20-13-/t26-,27+,28-,30-/m1/s1. The van der Waals surface area contributed by atoms with Gasteiger partial charge in [0.2, 0.25) is 11.8 Å². The summed E-state index contributed by atoms with van der Waals surface area (Å²) < 4.78 is 5.65. The Kier molecular flexibility index (Phi) is 9.41. The number of carbonyl (C=O) groups is 2. The molecule has 6 N–H and O–H groups in total. The van der Waals surface area contributed by atoms with Crippen LogP contribution in [-0.4, -0.2) is 68.7 Å². The van der Waals surface area contributed by atoms with E-state index in [2.05, 4.69) is 0 Å². The Morgan fingerprint density at radius 2 is 1.74 bits per heavy atom. The van der Waals surface area contributed by atoms with Gasteiger partial charge in [-0.25, -0.2) is 0 Å². The molecule has 2 aliphatic rings. The zero-order chi connectivity index (χ0) is 30.7. The molecule has 10 nitrogen and oxygen atoms in total. The van der Waals surface area contributed by atoms with Crippen molar-refractivity contribution in [1.82, 2.24) is 0 Å². The van der Waals surface area contributed by atoms with Crippen LogP contribution in [0.2, 0.25) is 0 Å². The summed E-state index contributed by atoms with van der Waals surface area (Å²) >= 11 is 0. The molecule has 4 atom stereocenters. The van der Waals surface area contributed by atoms with Crippen LogP contribution in [0.15, 0.2) is 82.3 Å². The predicted octanol–water partition coefficient (Wildman–Crippen LogP) is 1.24. The smallest absolute Gasteiger partial charge is 0.459 e. The third kappa shape index (κ3) is 6.14. The molecule has 3 aromatic rings. The lowest BCUT2D eigenvalue weighted by Crippen LogP contribution is -2.39. The molecular formula is C32H34BNO9. The van der Waals surface area contributed by atoms with E-state index in [0.29, 0.717) is 29.1 Å². The lowest BCUT2D eigenvalue weighted by molar-refractivity contribution is -0.123. The summed E-state index contributed by atoms with van der Waals surface area (Å²) in [5.74, 6) is -2.80. The number of aliphatic hydroxyl groups excluding tert-OH is 4. The molecule has 43 heavy (non-hydrogen) atoms. The molecule has 1 aliphatic carbocycles. The Bertz CT molecular complexity index is 1530. The van der Waals surface area contributed by atoms with Crippen LogP contribution in [0.4, 0.5) is 5.69 Å². The van der Waals surface area contributed by atoms with Gasteiger partial charge in [0.05, 0.1) is 36.8 Å². The van der Waals surface area contributed by atoms with Crippen molar-refractivity contribution in [3.8, 4) is 0 Å². The summed E-state index contributed by atoms with van der Waals surface area (Å²) in [4.78, 5) is 28.2. The van der Waals surface area contributed by atoms with Gasteiger partial charge >= 0.3 is 7.12 Å². The SMILES string of the molecule is O=C1[C@@H]2[C@@H](CC(CO)=C([C@H](O)CC/C(=C/c3ccc(CO)o3)c3ccccc3)[C@@H]2CO)C(=O)N1c1cccc(B(O)O)c1. The number of furan rings is 1. The van der Waals surface area contributed by atoms with Crippen molar-refractivity contribution in [1.29, 1.82) is 0 Å². The molecule has 224 valence electrons. The molecule has 11 heteroatoms. The largest absolute Gasteiger partial charge is 0.488 e. The Morgan fingerprint density at radius 1 is 0.977 bits per heavy atom. The first-order valence-corrected chi connectivity index (χ1v) is 14.2. The number of allylic oxidation sites excluding steroid dienone is 1. The van der Waals surface area contributed by atoms with Gasteiger partial charge in [-0.1, -0.05) is 42.5 Å². The van der Waals surface area contributed by atoms with Gasteiger partial charge in [-0.3, -0.25) is 14.5 Å². The van der Waals surface area contributed by atoms with Crippen molar-refractivity contribution in [3.63, 3.8) is 0 Å². The van der Waals surface area contributed by atoms with Crippen LogP contribution in [0.3, 0.4) is 0 Å². The van der Waals surface area contributed by atoms with Gasteiger partial charge < -0.3 is 34.9 Å². The molecule has 1 aliphatic heterocycles. The van der Waals surface area contributed by atoms with Crippen molar-refractivity contribution < 1.29 is 44.5 Å². The van der Waals surface area contributed by atoms with Gasteiger partial charge in [0.1, 0.15) is 18.1 Å². The molecule has 1 saturated heterocycles. The highest BCUT2D eigenvalue weighted by Crippen LogP contribution is 2.47. The van der Waals surface area contributed by atoms with Crippen LogP contribution in [0.5, 0.6) is 0 Å². The molecule has 2 aromatic carbocycles. The molecule has 0 unspecified atom stereocenters. The first kappa shape index (κ1) is 30.6. The minimum atomic E-state index is -1.79. The van der Waals surface area contributed by atoms with Crippen molar-refractivity contribution in [3.05, 3.63) is 95.0 Å². The van der Waals surface area contributed by atoms with E-state index in [1.54, 1.807) is 12.1 Å². The average Bonchev–Trinajstić information content (AvgIpc) is 3.59. The number of amides is 2. The van der Waals surface area contributed by atoms with E-state index in [1.165, 1.54) is 24.3 Å². The molecule has 1 fully saturated rings. The maximum Gasteiger partial charge on any atom is 0.488 e. The third-order valence-electron chi connectivity index (χ3n) is 8.34. The normalized spacial score (nSPS) is 21.4. The van der Waals surface area contributed by atoms with Crippen LogP contribution in [0.25, 0.3) is 11.6 Å². The molecule has 0 bridgehead atoms. The first-order chi connectivity index (χ1) is 20.8. The van der Waals surface area contributed by atoms with Crippen LogP contribution in [-0.2, 0) is 16.2 Å².